The third kappa shape index (κ3) is 3.46. The number of nitrogens with two attached hydrogens (primary N) is 1. The summed E-state index contributed by atoms with van der Waals surface area (Å²) in [6.07, 6.45) is 3.53. The number of rotatable bonds is 3. The number of halogens is 2. The first-order chi connectivity index (χ1) is 11.8. The first kappa shape index (κ1) is 18.0. The molecule has 3 rings (SSSR count). The van der Waals surface area contributed by atoms with Crippen molar-refractivity contribution in [1.29, 1.82) is 0 Å². The highest BCUT2D eigenvalue weighted by Gasteiger charge is 2.71. The van der Waals surface area contributed by atoms with Gasteiger partial charge in [-0.25, -0.2) is 8.78 Å². The number of aliphatic imine (C=N–C) groups is 1. The molecule has 2 aliphatic carbocycles. The van der Waals surface area contributed by atoms with Gasteiger partial charge in [-0.3, -0.25) is 14.6 Å². The van der Waals surface area contributed by atoms with E-state index in [0.29, 0.717) is 37.2 Å². The zero-order chi connectivity index (χ0) is 18.2. The number of carbonyl (C=O) groups is 2. The van der Waals surface area contributed by atoms with Gasteiger partial charge in [0.05, 0.1) is 6.54 Å². The summed E-state index contributed by atoms with van der Waals surface area (Å²) in [4.78, 5) is 29.9. The Kier molecular flexibility index (Phi) is 4.68. The monoisotopic (exact) mass is 353 g/mol. The van der Waals surface area contributed by atoms with E-state index < -0.39 is 11.3 Å². The molecule has 3 aliphatic rings. The van der Waals surface area contributed by atoms with E-state index in [1.54, 1.807) is 4.90 Å². The van der Waals surface area contributed by atoms with Crippen LogP contribution in [0.25, 0.3) is 0 Å². The maximum atomic E-state index is 13.9. The zero-order valence-corrected chi connectivity index (χ0v) is 14.6. The van der Waals surface area contributed by atoms with E-state index in [2.05, 4.69) is 4.99 Å². The number of hydrogen-bond donors (Lipinski definition) is 1. The van der Waals surface area contributed by atoms with Crippen molar-refractivity contribution in [2.75, 3.05) is 19.6 Å². The average molecular weight is 353 g/mol. The minimum atomic E-state index is -2.70. The maximum Gasteiger partial charge on any atom is 0.270 e. The van der Waals surface area contributed by atoms with Crippen LogP contribution in [0.1, 0.15) is 51.9 Å². The molecule has 0 aromatic rings. The Morgan fingerprint density at radius 3 is 2.44 bits per heavy atom. The van der Waals surface area contributed by atoms with E-state index in [4.69, 9.17) is 5.73 Å². The summed E-state index contributed by atoms with van der Waals surface area (Å²) in [5.41, 5.74) is 6.07. The third-order valence-electron chi connectivity index (χ3n) is 5.61. The second kappa shape index (κ2) is 6.50. The molecule has 1 heterocycles. The van der Waals surface area contributed by atoms with Crippen LogP contribution >= 0.6 is 0 Å². The highest BCUT2D eigenvalue weighted by molar-refractivity contribution is 6.09. The molecule has 0 aromatic heterocycles. The molecule has 1 saturated heterocycles. The summed E-state index contributed by atoms with van der Waals surface area (Å²) in [7, 11) is 0. The molecule has 1 amide bonds. The van der Waals surface area contributed by atoms with Crippen LogP contribution in [0.5, 0.6) is 0 Å². The second-order valence-electron chi connectivity index (χ2n) is 7.55. The molecule has 2 N–H and O–H groups in total. The van der Waals surface area contributed by atoms with Gasteiger partial charge in [0.1, 0.15) is 5.70 Å². The predicted molar refractivity (Wildman–Crippen MR) is 90.5 cm³/mol. The van der Waals surface area contributed by atoms with Crippen LogP contribution in [0.2, 0.25) is 0 Å². The molecule has 1 atom stereocenters. The van der Waals surface area contributed by atoms with Gasteiger partial charge < -0.3 is 10.6 Å². The number of Topliss-reactive ketones (excluding diaryl/α,β-unsaturated/α-hetero) is 1. The van der Waals surface area contributed by atoms with Crippen molar-refractivity contribution in [2.24, 2.45) is 16.1 Å². The smallest absolute Gasteiger partial charge is 0.270 e. The van der Waals surface area contributed by atoms with Crippen LogP contribution in [0.4, 0.5) is 8.78 Å². The molecule has 25 heavy (non-hydrogen) atoms. The fourth-order valence-electron chi connectivity index (χ4n) is 3.91. The Labute approximate surface area is 146 Å². The standard InChI is InChI=1S/C18H25F2N3O2/c1-12(24)10-22-14-5-6-17(11-18(17,19)20)9-13(14)15(21)16(25)23-7-3-2-4-8-23/h2-11,21H2,1H3/b15-13-,22-14?. The van der Waals surface area contributed by atoms with Gasteiger partial charge in [-0.1, -0.05) is 0 Å². The number of hydrogen-bond acceptors (Lipinski definition) is 4. The van der Waals surface area contributed by atoms with Crippen molar-refractivity contribution in [3.8, 4) is 0 Å². The van der Waals surface area contributed by atoms with Gasteiger partial charge in [0.15, 0.2) is 5.78 Å². The van der Waals surface area contributed by atoms with Gasteiger partial charge in [-0.05, 0) is 45.4 Å². The van der Waals surface area contributed by atoms with Crippen molar-refractivity contribution in [2.45, 2.75) is 57.8 Å². The topological polar surface area (TPSA) is 75.8 Å². The maximum absolute atomic E-state index is 13.9. The number of carbonyl (C=O) groups excluding carboxylic acids is 2. The first-order valence-electron chi connectivity index (χ1n) is 8.95. The largest absolute Gasteiger partial charge is 0.394 e. The van der Waals surface area contributed by atoms with Gasteiger partial charge in [-0.2, -0.15) is 0 Å². The van der Waals surface area contributed by atoms with Crippen LogP contribution < -0.4 is 5.73 Å². The molecule has 0 radical (unpaired) electrons. The van der Waals surface area contributed by atoms with Crippen LogP contribution in [0, 0.1) is 5.41 Å². The third-order valence-corrected chi connectivity index (χ3v) is 5.61. The SMILES string of the molecule is CC(=O)CN=C1CCC2(C/C1=C(/N)C(=O)N1CCCCC1)CC2(F)F. The second-order valence-corrected chi connectivity index (χ2v) is 7.55. The highest BCUT2D eigenvalue weighted by Crippen LogP contribution is 2.68. The Balaban J connectivity index is 1.89. The normalized spacial score (nSPS) is 32.0. The molecule has 2 saturated carbocycles. The van der Waals surface area contributed by atoms with E-state index in [-0.39, 0.29) is 36.8 Å². The van der Waals surface area contributed by atoms with Gasteiger partial charge in [-0.15, -0.1) is 0 Å². The molecular formula is C18H25F2N3O2. The van der Waals surface area contributed by atoms with Crippen molar-refractivity contribution in [1.82, 2.24) is 4.90 Å². The van der Waals surface area contributed by atoms with Gasteiger partial charge in [0, 0.05) is 36.2 Å². The minimum Gasteiger partial charge on any atom is -0.394 e. The number of piperidine rings is 1. The average Bonchev–Trinajstić information content (AvgIpc) is 3.12. The van der Waals surface area contributed by atoms with E-state index >= 15 is 0 Å². The Hall–Kier alpha value is -1.79. The predicted octanol–water partition coefficient (Wildman–Crippen LogP) is 2.45. The Morgan fingerprint density at radius 1 is 1.24 bits per heavy atom. The molecule has 138 valence electrons. The lowest BCUT2D eigenvalue weighted by Gasteiger charge is -2.30. The summed E-state index contributed by atoms with van der Waals surface area (Å²) < 4.78 is 27.7. The summed E-state index contributed by atoms with van der Waals surface area (Å²) >= 11 is 0. The molecule has 7 heteroatoms. The van der Waals surface area contributed by atoms with Crippen LogP contribution in [0.15, 0.2) is 16.3 Å². The molecule has 0 aromatic carbocycles. The number of allylic oxidation sites excluding steroid dienone is 1. The van der Waals surface area contributed by atoms with Crippen LogP contribution in [0.3, 0.4) is 0 Å². The van der Waals surface area contributed by atoms with E-state index in [0.717, 1.165) is 19.3 Å². The molecule has 0 bridgehead atoms. The lowest BCUT2D eigenvalue weighted by atomic mass is 9.80. The van der Waals surface area contributed by atoms with Crippen molar-refractivity contribution in [3.63, 3.8) is 0 Å². The number of nitrogens with zero attached hydrogens (tertiary/aromatic N) is 2. The Bertz CT molecular complexity index is 651. The van der Waals surface area contributed by atoms with Crippen molar-refractivity contribution >= 4 is 17.4 Å². The zero-order valence-electron chi connectivity index (χ0n) is 14.6. The summed E-state index contributed by atoms with van der Waals surface area (Å²) in [6.45, 7) is 2.71. The quantitative estimate of drug-likeness (QED) is 0.792. The summed E-state index contributed by atoms with van der Waals surface area (Å²) in [5, 5.41) is 0. The molecule has 1 spiro atoms. The number of likely N-dealkylation sites (tertiary alicyclic amines) is 1. The lowest BCUT2D eigenvalue weighted by molar-refractivity contribution is -0.128. The lowest BCUT2D eigenvalue weighted by Crippen LogP contribution is -2.40. The van der Waals surface area contributed by atoms with Gasteiger partial charge in [0.2, 0.25) is 0 Å². The Morgan fingerprint density at radius 2 is 1.88 bits per heavy atom. The van der Waals surface area contributed by atoms with Gasteiger partial charge >= 0.3 is 0 Å². The van der Waals surface area contributed by atoms with Crippen molar-refractivity contribution < 1.29 is 18.4 Å². The van der Waals surface area contributed by atoms with Gasteiger partial charge in [0.25, 0.3) is 11.8 Å². The molecule has 3 fully saturated rings. The number of ketones is 1. The van der Waals surface area contributed by atoms with Crippen LogP contribution in [-0.2, 0) is 9.59 Å². The summed E-state index contributed by atoms with van der Waals surface area (Å²) in [6, 6.07) is 0. The highest BCUT2D eigenvalue weighted by atomic mass is 19.3. The number of amides is 1. The molecule has 1 unspecified atom stereocenters. The van der Waals surface area contributed by atoms with E-state index in [1.165, 1.54) is 6.92 Å². The van der Waals surface area contributed by atoms with E-state index in [9.17, 15) is 18.4 Å². The van der Waals surface area contributed by atoms with Crippen molar-refractivity contribution in [3.05, 3.63) is 11.3 Å². The number of alkyl halides is 2. The molecular weight excluding hydrogens is 328 g/mol. The minimum absolute atomic E-state index is 0.00654. The van der Waals surface area contributed by atoms with Crippen LogP contribution in [-0.4, -0.2) is 47.9 Å². The first-order valence-corrected chi connectivity index (χ1v) is 8.95. The molecule has 1 aliphatic heterocycles. The fraction of sp³-hybridized carbons (Fsp3) is 0.722. The summed E-state index contributed by atoms with van der Waals surface area (Å²) in [5.74, 6) is -3.09. The van der Waals surface area contributed by atoms with E-state index in [1.807, 2.05) is 0 Å². The fourth-order valence-corrected chi connectivity index (χ4v) is 3.91. The molecule has 5 nitrogen and oxygen atoms in total.